The Morgan fingerprint density at radius 3 is 3.07 bits per heavy atom. The van der Waals surface area contributed by atoms with Crippen LogP contribution in [-0.2, 0) is 10.4 Å². The van der Waals surface area contributed by atoms with Gasteiger partial charge in [0.1, 0.15) is 17.0 Å². The summed E-state index contributed by atoms with van der Waals surface area (Å²) in [5, 5.41) is 14.7. The Kier molecular flexibility index (Phi) is 3.78. The van der Waals surface area contributed by atoms with Gasteiger partial charge in [-0.2, -0.15) is 0 Å². The number of carbonyl (C=O) groups is 1. The quantitative estimate of drug-likeness (QED) is 0.560. The molecule has 0 radical (unpaired) electrons. The largest absolute Gasteiger partial charge is 0.375 e. The van der Waals surface area contributed by atoms with Crippen molar-refractivity contribution in [1.29, 1.82) is 0 Å². The third-order valence-electron chi connectivity index (χ3n) is 5.24. The molecule has 0 aliphatic carbocycles. The van der Waals surface area contributed by atoms with E-state index >= 15 is 0 Å². The van der Waals surface area contributed by atoms with E-state index in [1.165, 1.54) is 17.7 Å². The molecule has 8 heteroatoms. The molecule has 5 rings (SSSR count). The molecule has 1 aliphatic rings. The smallest absolute Gasteiger partial charge is 0.258 e. The number of aromatic nitrogens is 4. The molecule has 1 aliphatic heterocycles. The van der Waals surface area contributed by atoms with Gasteiger partial charge < -0.3 is 15.0 Å². The van der Waals surface area contributed by atoms with Gasteiger partial charge in [-0.05, 0) is 11.6 Å². The molecule has 0 saturated carbocycles. The van der Waals surface area contributed by atoms with E-state index < -0.39 is 5.60 Å². The van der Waals surface area contributed by atoms with Crippen LogP contribution in [0, 0.1) is 0 Å². The molecule has 4 aromatic rings. The van der Waals surface area contributed by atoms with Crippen LogP contribution < -0.4 is 0 Å². The summed E-state index contributed by atoms with van der Waals surface area (Å²) in [6.45, 7) is 0.545. The molecule has 2 N–H and O–H groups in total. The molecule has 28 heavy (non-hydrogen) atoms. The van der Waals surface area contributed by atoms with E-state index in [2.05, 4.69) is 15.0 Å². The van der Waals surface area contributed by atoms with Crippen LogP contribution in [0.2, 0.25) is 0 Å². The van der Waals surface area contributed by atoms with Gasteiger partial charge in [0.05, 0.1) is 5.69 Å². The SMILES string of the molecule is CN1CCC(O)(c2cccc(-c3csc(-c4c[nH]c5ncncc45)n3)c2)C1=O. The fourth-order valence-corrected chi connectivity index (χ4v) is 4.48. The minimum absolute atomic E-state index is 0.262. The number of nitrogens with zero attached hydrogens (tertiary/aromatic N) is 4. The number of aromatic amines is 1. The number of hydrogen-bond donors (Lipinski definition) is 2. The molecule has 1 unspecified atom stereocenters. The first kappa shape index (κ1) is 17.0. The van der Waals surface area contributed by atoms with Gasteiger partial charge in [-0.1, -0.05) is 18.2 Å². The lowest BCUT2D eigenvalue weighted by molar-refractivity contribution is -0.143. The molecule has 0 bridgehead atoms. The van der Waals surface area contributed by atoms with Gasteiger partial charge in [-0.3, -0.25) is 4.79 Å². The average molecular weight is 391 g/mol. The van der Waals surface area contributed by atoms with Gasteiger partial charge in [0.15, 0.2) is 5.60 Å². The standard InChI is InChI=1S/C20H17N5O2S/c1-25-6-5-20(27,19(25)26)13-4-2-3-12(7-13)16-10-28-18(24-16)15-9-22-17-14(15)8-21-11-23-17/h2-4,7-11,27H,5-6H2,1H3,(H,21,22,23). The summed E-state index contributed by atoms with van der Waals surface area (Å²) in [5.41, 5.74) is 2.54. The molecule has 0 spiro atoms. The summed E-state index contributed by atoms with van der Waals surface area (Å²) in [6, 6.07) is 7.44. The summed E-state index contributed by atoms with van der Waals surface area (Å²) in [5.74, 6) is -0.262. The third-order valence-corrected chi connectivity index (χ3v) is 6.11. The average Bonchev–Trinajstić information content (AvgIpc) is 3.43. The highest BCUT2D eigenvalue weighted by Crippen LogP contribution is 2.36. The molecule has 1 amide bonds. The number of likely N-dealkylation sites (tertiary alicyclic amines) is 1. The van der Waals surface area contributed by atoms with Gasteiger partial charge in [-0.15, -0.1) is 11.3 Å². The summed E-state index contributed by atoms with van der Waals surface area (Å²) < 4.78 is 0. The Hall–Kier alpha value is -3.10. The highest BCUT2D eigenvalue weighted by atomic mass is 32.1. The van der Waals surface area contributed by atoms with Gasteiger partial charge in [0.25, 0.3) is 5.91 Å². The maximum Gasteiger partial charge on any atom is 0.258 e. The Labute approximate surface area is 164 Å². The zero-order chi connectivity index (χ0) is 19.3. The number of H-pyrrole nitrogens is 1. The van der Waals surface area contributed by atoms with Crippen molar-refractivity contribution in [2.75, 3.05) is 13.6 Å². The molecule has 4 heterocycles. The Bertz CT molecular complexity index is 1200. The van der Waals surface area contributed by atoms with E-state index in [1.54, 1.807) is 24.2 Å². The number of benzene rings is 1. The summed E-state index contributed by atoms with van der Waals surface area (Å²) in [4.78, 5) is 30.2. The molecule has 1 atom stereocenters. The van der Waals surface area contributed by atoms with E-state index in [0.717, 1.165) is 32.9 Å². The Morgan fingerprint density at radius 2 is 2.25 bits per heavy atom. The van der Waals surface area contributed by atoms with Gasteiger partial charge in [0.2, 0.25) is 0 Å². The lowest BCUT2D eigenvalue weighted by Crippen LogP contribution is -2.36. The Morgan fingerprint density at radius 1 is 1.36 bits per heavy atom. The number of likely N-dealkylation sites (N-methyl/N-ethyl adjacent to an activating group) is 1. The predicted octanol–water partition coefficient (Wildman–Crippen LogP) is 2.80. The summed E-state index contributed by atoms with van der Waals surface area (Å²) >= 11 is 1.53. The number of rotatable bonds is 3. The third kappa shape index (κ3) is 2.53. The molecule has 3 aromatic heterocycles. The van der Waals surface area contributed by atoms with E-state index in [0.29, 0.717) is 18.5 Å². The van der Waals surface area contributed by atoms with Crippen LogP contribution in [0.15, 0.2) is 48.4 Å². The van der Waals surface area contributed by atoms with Crippen LogP contribution in [0.25, 0.3) is 32.9 Å². The zero-order valence-electron chi connectivity index (χ0n) is 15.1. The van der Waals surface area contributed by atoms with Crippen molar-refractivity contribution in [2.45, 2.75) is 12.0 Å². The lowest BCUT2D eigenvalue weighted by atomic mass is 9.90. The number of amides is 1. The van der Waals surface area contributed by atoms with Gasteiger partial charge >= 0.3 is 0 Å². The Balaban J connectivity index is 1.52. The molecule has 140 valence electrons. The van der Waals surface area contributed by atoms with Crippen molar-refractivity contribution in [3.63, 3.8) is 0 Å². The normalized spacial score (nSPS) is 19.6. The topological polar surface area (TPSA) is 95.0 Å². The maximum absolute atomic E-state index is 12.4. The first-order valence-corrected chi connectivity index (χ1v) is 9.76. The van der Waals surface area contributed by atoms with Crippen molar-refractivity contribution in [2.24, 2.45) is 0 Å². The zero-order valence-corrected chi connectivity index (χ0v) is 15.9. The fraction of sp³-hybridized carbons (Fsp3) is 0.200. The maximum atomic E-state index is 12.4. The molecule has 7 nitrogen and oxygen atoms in total. The second-order valence-electron chi connectivity index (χ2n) is 6.94. The van der Waals surface area contributed by atoms with E-state index in [9.17, 15) is 9.90 Å². The van der Waals surface area contributed by atoms with Gasteiger partial charge in [0, 0.05) is 54.3 Å². The van der Waals surface area contributed by atoms with Crippen molar-refractivity contribution < 1.29 is 9.90 Å². The number of thiazole rings is 1. The lowest BCUT2D eigenvalue weighted by Gasteiger charge is -2.21. The van der Waals surface area contributed by atoms with Crippen LogP contribution in [0.4, 0.5) is 0 Å². The van der Waals surface area contributed by atoms with Crippen molar-refractivity contribution >= 4 is 28.3 Å². The number of carbonyl (C=O) groups excluding carboxylic acids is 1. The van der Waals surface area contributed by atoms with Crippen LogP contribution in [0.1, 0.15) is 12.0 Å². The van der Waals surface area contributed by atoms with Gasteiger partial charge in [-0.25, -0.2) is 15.0 Å². The highest BCUT2D eigenvalue weighted by molar-refractivity contribution is 7.13. The minimum Gasteiger partial charge on any atom is -0.375 e. The molecule has 1 fully saturated rings. The number of nitrogens with one attached hydrogen (secondary N) is 1. The molecule has 1 aromatic carbocycles. The summed E-state index contributed by atoms with van der Waals surface area (Å²) in [6.07, 6.45) is 5.55. The van der Waals surface area contributed by atoms with Crippen LogP contribution in [0.3, 0.4) is 0 Å². The number of hydrogen-bond acceptors (Lipinski definition) is 6. The first-order valence-electron chi connectivity index (χ1n) is 8.88. The van der Waals surface area contributed by atoms with Crippen LogP contribution in [-0.4, -0.2) is 49.4 Å². The van der Waals surface area contributed by atoms with E-state index in [-0.39, 0.29) is 5.91 Å². The second kappa shape index (κ2) is 6.22. The van der Waals surface area contributed by atoms with E-state index in [4.69, 9.17) is 4.98 Å². The van der Waals surface area contributed by atoms with E-state index in [1.807, 2.05) is 29.8 Å². The second-order valence-corrected chi connectivity index (χ2v) is 7.80. The van der Waals surface area contributed by atoms with Crippen LogP contribution >= 0.6 is 11.3 Å². The molecular formula is C20H17N5O2S. The highest BCUT2D eigenvalue weighted by Gasteiger charge is 2.45. The van der Waals surface area contributed by atoms with Crippen LogP contribution in [0.5, 0.6) is 0 Å². The van der Waals surface area contributed by atoms with Crippen molar-refractivity contribution in [3.05, 3.63) is 53.9 Å². The van der Waals surface area contributed by atoms with Crippen molar-refractivity contribution in [3.8, 4) is 21.8 Å². The van der Waals surface area contributed by atoms with Crippen molar-refractivity contribution in [1.82, 2.24) is 24.8 Å². The molecular weight excluding hydrogens is 374 g/mol. The fourth-order valence-electron chi connectivity index (χ4n) is 3.62. The number of fused-ring (bicyclic) bond motifs is 1. The molecule has 1 saturated heterocycles. The predicted molar refractivity (Wildman–Crippen MR) is 107 cm³/mol. The first-order chi connectivity index (χ1) is 13.6. The minimum atomic E-state index is -1.46. The summed E-state index contributed by atoms with van der Waals surface area (Å²) in [7, 11) is 1.71. The monoisotopic (exact) mass is 391 g/mol. The number of aliphatic hydroxyl groups is 1.